The summed E-state index contributed by atoms with van der Waals surface area (Å²) in [6.45, 7) is 0.574. The first kappa shape index (κ1) is 16.4. The van der Waals surface area contributed by atoms with Gasteiger partial charge >= 0.3 is 0 Å². The molecule has 4 rings (SSSR count). The molecule has 0 radical (unpaired) electrons. The second kappa shape index (κ2) is 5.86. The van der Waals surface area contributed by atoms with Gasteiger partial charge in [0.1, 0.15) is 5.54 Å². The fourth-order valence-corrected chi connectivity index (χ4v) is 3.53. The van der Waals surface area contributed by atoms with Crippen molar-refractivity contribution in [1.82, 2.24) is 10.2 Å². The highest BCUT2D eigenvalue weighted by atomic mass is 35.5. The Morgan fingerprint density at radius 3 is 1.70 bits per heavy atom. The zero-order valence-corrected chi connectivity index (χ0v) is 13.4. The van der Waals surface area contributed by atoms with E-state index in [1.807, 2.05) is 36.4 Å². The first-order valence-corrected chi connectivity index (χ1v) is 7.58. The van der Waals surface area contributed by atoms with Crippen molar-refractivity contribution in [1.29, 1.82) is 0 Å². The largest absolute Gasteiger partial charge is 0.298 e. The summed E-state index contributed by atoms with van der Waals surface area (Å²) in [5, 5.41) is 2.94. The molecular formula is C18H19ClF2N2. The minimum absolute atomic E-state index is 0. The van der Waals surface area contributed by atoms with E-state index in [9.17, 15) is 8.78 Å². The van der Waals surface area contributed by atoms with Crippen LogP contribution in [0.5, 0.6) is 0 Å². The van der Waals surface area contributed by atoms with Gasteiger partial charge in [-0.1, -0.05) is 60.7 Å². The zero-order valence-electron chi connectivity index (χ0n) is 12.6. The van der Waals surface area contributed by atoms with E-state index < -0.39 is 11.5 Å². The maximum absolute atomic E-state index is 13.8. The summed E-state index contributed by atoms with van der Waals surface area (Å²) in [5.74, 6) is -2.58. The summed E-state index contributed by atoms with van der Waals surface area (Å²) in [6, 6.07) is 20.2. The van der Waals surface area contributed by atoms with Crippen LogP contribution in [0.15, 0.2) is 60.7 Å². The van der Waals surface area contributed by atoms with Gasteiger partial charge in [-0.05, 0) is 11.1 Å². The Balaban J connectivity index is 0.00000156. The first-order chi connectivity index (χ1) is 10.6. The number of rotatable bonds is 3. The van der Waals surface area contributed by atoms with Gasteiger partial charge in [0, 0.05) is 13.1 Å². The lowest BCUT2D eigenvalue weighted by Gasteiger charge is -2.62. The third kappa shape index (κ3) is 2.55. The number of likely N-dealkylation sites (tertiary alicyclic amines) is 1. The van der Waals surface area contributed by atoms with Gasteiger partial charge in [-0.3, -0.25) is 10.2 Å². The van der Waals surface area contributed by atoms with E-state index in [0.717, 1.165) is 11.1 Å². The number of hydrogen-bond donors (Lipinski definition) is 1. The van der Waals surface area contributed by atoms with Gasteiger partial charge in [0.15, 0.2) is 0 Å². The zero-order chi connectivity index (χ0) is 15.2. The van der Waals surface area contributed by atoms with E-state index in [4.69, 9.17) is 0 Å². The van der Waals surface area contributed by atoms with Crippen molar-refractivity contribution in [3.8, 4) is 0 Å². The van der Waals surface area contributed by atoms with Crippen molar-refractivity contribution in [3.05, 3.63) is 71.8 Å². The predicted octanol–water partition coefficient (Wildman–Crippen LogP) is 3.49. The molecule has 5 heteroatoms. The Labute approximate surface area is 140 Å². The van der Waals surface area contributed by atoms with Crippen molar-refractivity contribution < 1.29 is 8.78 Å². The van der Waals surface area contributed by atoms with Gasteiger partial charge < -0.3 is 0 Å². The molecule has 0 aromatic heterocycles. The van der Waals surface area contributed by atoms with Crippen molar-refractivity contribution in [2.75, 3.05) is 19.6 Å². The van der Waals surface area contributed by atoms with Crippen LogP contribution in [0.1, 0.15) is 17.2 Å². The predicted molar refractivity (Wildman–Crippen MR) is 89.2 cm³/mol. The van der Waals surface area contributed by atoms with E-state index in [1.165, 1.54) is 0 Å². The smallest absolute Gasteiger partial charge is 0.280 e. The molecule has 2 aromatic carbocycles. The Hall–Kier alpha value is -1.49. The Morgan fingerprint density at radius 2 is 1.35 bits per heavy atom. The molecule has 0 unspecified atom stereocenters. The third-order valence-corrected chi connectivity index (χ3v) is 4.89. The van der Waals surface area contributed by atoms with Crippen molar-refractivity contribution in [3.63, 3.8) is 0 Å². The lowest BCUT2D eigenvalue weighted by molar-refractivity contribution is -0.215. The van der Waals surface area contributed by atoms with Crippen molar-refractivity contribution in [2.24, 2.45) is 0 Å². The maximum atomic E-state index is 13.8. The maximum Gasteiger partial charge on any atom is 0.280 e. The summed E-state index contributed by atoms with van der Waals surface area (Å²) in [5.41, 5.74) is 1.28. The van der Waals surface area contributed by atoms with Crippen molar-refractivity contribution >= 4 is 12.4 Å². The Kier molecular flexibility index (Phi) is 4.17. The summed E-state index contributed by atoms with van der Waals surface area (Å²) in [4.78, 5) is 2.13. The molecule has 2 aliphatic heterocycles. The number of halogens is 3. The molecule has 23 heavy (non-hydrogen) atoms. The van der Waals surface area contributed by atoms with Gasteiger partial charge in [0.25, 0.3) is 5.92 Å². The van der Waals surface area contributed by atoms with Crippen LogP contribution in [0.2, 0.25) is 0 Å². The highest BCUT2D eigenvalue weighted by molar-refractivity contribution is 5.85. The number of benzene rings is 2. The lowest BCUT2D eigenvalue weighted by atomic mass is 9.74. The molecule has 2 saturated heterocycles. The van der Waals surface area contributed by atoms with Gasteiger partial charge in [0.2, 0.25) is 0 Å². The topological polar surface area (TPSA) is 15.3 Å². The molecule has 0 aliphatic carbocycles. The lowest BCUT2D eigenvalue weighted by Crippen LogP contribution is -2.86. The van der Waals surface area contributed by atoms with Crippen LogP contribution >= 0.6 is 12.4 Å². The monoisotopic (exact) mass is 336 g/mol. The van der Waals surface area contributed by atoms with Gasteiger partial charge in [-0.2, -0.15) is 0 Å². The summed E-state index contributed by atoms with van der Waals surface area (Å²) in [6.07, 6.45) is 0. The summed E-state index contributed by atoms with van der Waals surface area (Å²) < 4.78 is 27.6. The second-order valence-electron chi connectivity index (χ2n) is 6.27. The molecule has 2 nitrogen and oxygen atoms in total. The molecule has 0 saturated carbocycles. The Bertz CT molecular complexity index is 618. The molecular weight excluding hydrogens is 318 g/mol. The van der Waals surface area contributed by atoms with E-state index in [2.05, 4.69) is 34.5 Å². The Morgan fingerprint density at radius 1 is 0.870 bits per heavy atom. The quantitative estimate of drug-likeness (QED) is 0.923. The number of nitrogens with zero attached hydrogens (tertiary/aromatic N) is 1. The van der Waals surface area contributed by atoms with Gasteiger partial charge in [0.05, 0.1) is 12.6 Å². The van der Waals surface area contributed by atoms with Crippen LogP contribution in [0.25, 0.3) is 0 Å². The van der Waals surface area contributed by atoms with Crippen LogP contribution in [-0.2, 0) is 0 Å². The average Bonchev–Trinajstić information content (AvgIpc) is 2.51. The molecule has 122 valence electrons. The second-order valence-corrected chi connectivity index (χ2v) is 6.27. The average molecular weight is 337 g/mol. The molecule has 0 bridgehead atoms. The minimum atomic E-state index is -2.58. The van der Waals surface area contributed by atoms with E-state index in [-0.39, 0.29) is 25.0 Å². The highest BCUT2D eigenvalue weighted by Gasteiger charge is 2.67. The van der Waals surface area contributed by atoms with Gasteiger partial charge in [-0.25, -0.2) is 8.78 Å². The molecule has 0 amide bonds. The molecule has 1 N–H and O–H groups in total. The fraction of sp³-hybridized carbons (Fsp3) is 0.333. The van der Waals surface area contributed by atoms with Crippen molar-refractivity contribution in [2.45, 2.75) is 17.5 Å². The first-order valence-electron chi connectivity index (χ1n) is 7.58. The van der Waals surface area contributed by atoms with Gasteiger partial charge in [-0.15, -0.1) is 12.4 Å². The molecule has 2 fully saturated rings. The van der Waals surface area contributed by atoms with Crippen LogP contribution < -0.4 is 5.32 Å². The molecule has 2 heterocycles. The fourth-order valence-electron chi connectivity index (χ4n) is 3.53. The molecule has 1 spiro atoms. The summed E-state index contributed by atoms with van der Waals surface area (Å²) in [7, 11) is 0. The van der Waals surface area contributed by atoms with Crippen LogP contribution in [-0.4, -0.2) is 36.0 Å². The highest BCUT2D eigenvalue weighted by Crippen LogP contribution is 2.46. The number of nitrogens with one attached hydrogen (secondary N) is 1. The van der Waals surface area contributed by atoms with Crippen LogP contribution in [0.3, 0.4) is 0 Å². The van der Waals surface area contributed by atoms with Crippen LogP contribution in [0.4, 0.5) is 8.78 Å². The number of hydrogen-bond acceptors (Lipinski definition) is 2. The SMILES string of the molecule is Cl.FC1(F)CNC12CN(C(c1ccccc1)c1ccccc1)C2. The summed E-state index contributed by atoms with van der Waals surface area (Å²) >= 11 is 0. The van der Waals surface area contributed by atoms with E-state index >= 15 is 0 Å². The van der Waals surface area contributed by atoms with E-state index in [1.54, 1.807) is 0 Å². The van der Waals surface area contributed by atoms with Crippen LogP contribution in [0, 0.1) is 0 Å². The molecule has 0 atom stereocenters. The minimum Gasteiger partial charge on any atom is -0.298 e. The molecule has 2 aliphatic rings. The standard InChI is InChI=1S/C18H18F2N2.ClH/c19-18(20)11-21-17(18)12-22(13-17)16(14-7-3-1-4-8-14)15-9-5-2-6-10-15;/h1-10,16,21H,11-13H2;1H. The normalized spacial score (nSPS) is 21.3. The third-order valence-electron chi connectivity index (χ3n) is 4.89. The van der Waals surface area contributed by atoms with E-state index in [0.29, 0.717) is 13.1 Å². The molecule has 2 aromatic rings. The number of alkyl halides is 2.